The van der Waals surface area contributed by atoms with E-state index >= 15 is 0 Å². The van der Waals surface area contributed by atoms with Crippen LogP contribution in [0.2, 0.25) is 0 Å². The summed E-state index contributed by atoms with van der Waals surface area (Å²) in [5, 5.41) is 0.437. The van der Waals surface area contributed by atoms with Crippen molar-refractivity contribution in [3.63, 3.8) is 0 Å². The van der Waals surface area contributed by atoms with Crippen LogP contribution in [0.25, 0.3) is 87.7 Å². The molecule has 9 aromatic carbocycles. The molecule has 0 fully saturated rings. The molecule has 2 aromatic heterocycles. The minimum atomic E-state index is -0.628. The molecule has 0 saturated carbocycles. The summed E-state index contributed by atoms with van der Waals surface area (Å²) < 4.78 is 62.0. The summed E-state index contributed by atoms with van der Waals surface area (Å²) >= 11 is 1.02. The Balaban J connectivity index is 1.05. The normalized spacial score (nSPS) is 14.2. The third-order valence-corrected chi connectivity index (χ3v) is 12.9. The van der Waals surface area contributed by atoms with E-state index in [0.717, 1.165) is 61.4 Å². The van der Waals surface area contributed by atoms with Crippen molar-refractivity contribution < 1.29 is 9.60 Å². The molecule has 0 unspecified atom stereocenters. The number of nitrogens with zero attached hydrogens (tertiary/aromatic N) is 3. The molecule has 0 bridgehead atoms. The summed E-state index contributed by atoms with van der Waals surface area (Å²) in [6, 6.07) is 60.3. The van der Waals surface area contributed by atoms with Crippen LogP contribution in [0.3, 0.4) is 0 Å². The van der Waals surface area contributed by atoms with Crippen LogP contribution < -0.4 is 0 Å². The van der Waals surface area contributed by atoms with Crippen LogP contribution >= 0.6 is 11.3 Å². The van der Waals surface area contributed by atoms with Crippen molar-refractivity contribution in [2.24, 2.45) is 0 Å². The highest BCUT2D eigenvalue weighted by Gasteiger charge is 2.47. The molecule has 0 radical (unpaired) electrons. The zero-order valence-corrected chi connectivity index (χ0v) is 33.9. The van der Waals surface area contributed by atoms with Gasteiger partial charge in [0.25, 0.3) is 0 Å². The van der Waals surface area contributed by atoms with E-state index in [4.69, 9.17) is 23.2 Å². The summed E-state index contributed by atoms with van der Waals surface area (Å²) in [5.74, 6) is 1.40. The molecule has 62 heavy (non-hydrogen) atoms. The molecule has 0 saturated heterocycles. The average Bonchev–Trinajstić information content (AvgIpc) is 3.96. The van der Waals surface area contributed by atoms with Crippen LogP contribution in [0.15, 0.2) is 224 Å². The van der Waals surface area contributed by atoms with Gasteiger partial charge in [0.2, 0.25) is 0 Å². The van der Waals surface area contributed by atoms with Crippen LogP contribution in [0.1, 0.15) is 31.8 Å². The Morgan fingerprint density at radius 3 is 1.55 bits per heavy atom. The van der Waals surface area contributed by atoms with Crippen molar-refractivity contribution in [1.29, 1.82) is 0 Å². The Labute approximate surface area is 374 Å². The fourth-order valence-corrected chi connectivity index (χ4v) is 10.0. The zero-order chi connectivity index (χ0) is 47.1. The second kappa shape index (κ2) is 14.7. The second-order valence-electron chi connectivity index (χ2n) is 15.3. The summed E-state index contributed by atoms with van der Waals surface area (Å²) in [7, 11) is 0. The molecule has 2 heterocycles. The van der Waals surface area contributed by atoms with Crippen molar-refractivity contribution in [3.8, 4) is 67.5 Å². The second-order valence-corrected chi connectivity index (χ2v) is 16.4. The number of hydrogen-bond acceptors (Lipinski definition) is 4. The minimum absolute atomic E-state index is 0.0704. The molecule has 11 aromatic rings. The summed E-state index contributed by atoms with van der Waals surface area (Å²) in [6.45, 7) is 0. The van der Waals surface area contributed by atoms with Gasteiger partial charge >= 0.3 is 0 Å². The maximum Gasteiger partial charge on any atom is 0.164 e. The van der Waals surface area contributed by atoms with Gasteiger partial charge < -0.3 is 0 Å². The SMILES string of the molecule is [2H]c1c([2H])c([2H])c2c(sc3c([2H])c([2H])c(-c4ccc(-c5nc(-c6ccc(-c7ccccc7)cc6)nc(-c6cccc7c6-c6ccccc6C7(c6ccccc6)c6ccccc6)n5)cc4)c([2H])c32)c1[2H]. The highest BCUT2D eigenvalue weighted by atomic mass is 32.1. The third kappa shape index (κ3) is 5.83. The van der Waals surface area contributed by atoms with Gasteiger partial charge in [-0.15, -0.1) is 11.3 Å². The third-order valence-electron chi connectivity index (χ3n) is 11.9. The summed E-state index contributed by atoms with van der Waals surface area (Å²) in [6.07, 6.45) is 0. The van der Waals surface area contributed by atoms with E-state index in [1.165, 1.54) is 5.56 Å². The van der Waals surface area contributed by atoms with Crippen molar-refractivity contribution >= 4 is 31.5 Å². The monoisotopic (exact) mass is 814 g/mol. The Kier molecular flexibility index (Phi) is 7.00. The van der Waals surface area contributed by atoms with Crippen molar-refractivity contribution in [2.75, 3.05) is 0 Å². The molecule has 0 atom stereocenters. The first kappa shape index (κ1) is 29.4. The molecule has 290 valence electrons. The van der Waals surface area contributed by atoms with Crippen molar-refractivity contribution in [2.45, 2.75) is 5.41 Å². The predicted octanol–water partition coefficient (Wildman–Crippen LogP) is 14.9. The van der Waals surface area contributed by atoms with Gasteiger partial charge in [0, 0.05) is 36.9 Å². The van der Waals surface area contributed by atoms with Crippen molar-refractivity contribution in [1.82, 2.24) is 15.0 Å². The smallest absolute Gasteiger partial charge is 0.164 e. The van der Waals surface area contributed by atoms with E-state index in [-0.39, 0.29) is 62.0 Å². The predicted molar refractivity (Wildman–Crippen MR) is 257 cm³/mol. The highest BCUT2D eigenvalue weighted by Crippen LogP contribution is 2.58. The molecular weight excluding hydrogens is 771 g/mol. The van der Waals surface area contributed by atoms with Gasteiger partial charge in [-0.3, -0.25) is 0 Å². The Hall–Kier alpha value is -7.79. The fourth-order valence-electron chi connectivity index (χ4n) is 9.11. The number of hydrogen-bond donors (Lipinski definition) is 0. The minimum Gasteiger partial charge on any atom is -0.208 e. The van der Waals surface area contributed by atoms with E-state index in [2.05, 4.69) is 115 Å². The lowest BCUT2D eigenvalue weighted by molar-refractivity contribution is 0.768. The Morgan fingerprint density at radius 1 is 0.371 bits per heavy atom. The van der Waals surface area contributed by atoms with Gasteiger partial charge in [-0.1, -0.05) is 206 Å². The van der Waals surface area contributed by atoms with E-state index < -0.39 is 11.5 Å². The van der Waals surface area contributed by atoms with Gasteiger partial charge in [-0.2, -0.15) is 0 Å². The molecule has 1 aliphatic rings. The van der Waals surface area contributed by atoms with Crippen molar-refractivity contribution in [3.05, 3.63) is 247 Å². The molecule has 1 aliphatic carbocycles. The topological polar surface area (TPSA) is 38.7 Å². The molecule has 3 nitrogen and oxygen atoms in total. The lowest BCUT2D eigenvalue weighted by atomic mass is 9.67. The number of thiophene rings is 1. The average molecular weight is 815 g/mol. The van der Waals surface area contributed by atoms with Gasteiger partial charge in [0.15, 0.2) is 17.5 Å². The first-order chi connectivity index (χ1) is 33.6. The van der Waals surface area contributed by atoms with Crippen LogP contribution in [0.4, 0.5) is 0 Å². The molecule has 12 rings (SSSR count). The molecule has 0 spiro atoms. The summed E-state index contributed by atoms with van der Waals surface area (Å²) in [5.41, 5.74) is 11.3. The number of aromatic nitrogens is 3. The molecule has 0 N–H and O–H groups in total. The Morgan fingerprint density at radius 2 is 0.871 bits per heavy atom. The standard InChI is InChI=1S/C58H37N3S/c1-4-15-38(16-5-1)39-27-31-41(32-28-39)55-59-56(42-33-29-40(30-34-42)43-35-36-53-49(37-43)46-21-11-13-26-52(46)62-53)61-57(60-55)48-23-14-25-51-54(48)47-22-10-12-24-50(47)58(51,44-17-6-2-7-18-44)45-19-8-3-9-20-45/h1-37H/i11D,13D,21D,26D,35D,36D,37D. The lowest BCUT2D eigenvalue weighted by Crippen LogP contribution is -2.28. The van der Waals surface area contributed by atoms with E-state index in [0.29, 0.717) is 28.6 Å². The largest absolute Gasteiger partial charge is 0.208 e. The van der Waals surface area contributed by atoms with E-state index in [1.54, 1.807) is 12.1 Å². The molecular formula is C58H37N3S. The van der Waals surface area contributed by atoms with E-state index in [9.17, 15) is 1.37 Å². The van der Waals surface area contributed by atoms with E-state index in [1.807, 2.05) is 54.6 Å². The van der Waals surface area contributed by atoms with Gasteiger partial charge in [-0.05, 0) is 73.8 Å². The highest BCUT2D eigenvalue weighted by molar-refractivity contribution is 7.25. The first-order valence-electron chi connectivity index (χ1n) is 23.9. The molecule has 4 heteroatoms. The first-order valence-corrected chi connectivity index (χ1v) is 21.3. The summed E-state index contributed by atoms with van der Waals surface area (Å²) in [4.78, 5) is 15.7. The van der Waals surface area contributed by atoms with Crippen LogP contribution in [0, 0.1) is 0 Å². The van der Waals surface area contributed by atoms with Crippen LogP contribution in [0.5, 0.6) is 0 Å². The van der Waals surface area contributed by atoms with Crippen LogP contribution in [-0.4, -0.2) is 15.0 Å². The number of rotatable bonds is 7. The maximum atomic E-state index is 9.41. The molecule has 0 aliphatic heterocycles. The molecule has 0 amide bonds. The lowest BCUT2D eigenvalue weighted by Gasteiger charge is -2.33. The Bertz CT molecular complexity index is 3810. The zero-order valence-electron chi connectivity index (χ0n) is 40.1. The van der Waals surface area contributed by atoms with Gasteiger partial charge in [0.1, 0.15) is 0 Å². The van der Waals surface area contributed by atoms with Gasteiger partial charge in [-0.25, -0.2) is 15.0 Å². The number of fused-ring (bicyclic) bond motifs is 6. The van der Waals surface area contributed by atoms with Gasteiger partial charge in [0.05, 0.1) is 15.0 Å². The number of benzene rings is 9. The maximum absolute atomic E-state index is 9.41. The quantitative estimate of drug-likeness (QED) is 0.161. The fraction of sp³-hybridized carbons (Fsp3) is 0.0172. The van der Waals surface area contributed by atoms with Crippen LogP contribution in [-0.2, 0) is 5.41 Å².